The van der Waals surface area contributed by atoms with Gasteiger partial charge in [-0.05, 0) is 18.6 Å². The Balaban J connectivity index is 2.45. The Hall–Kier alpha value is -1.50. The number of carbonyl (C=O) groups excluding carboxylic acids is 1. The molecule has 1 amide bonds. The van der Waals surface area contributed by atoms with Gasteiger partial charge >= 0.3 is 6.18 Å². The molecular weight excluding hydrogens is 235 g/mol. The third kappa shape index (κ3) is 4.90. The first-order chi connectivity index (χ1) is 7.78. The van der Waals surface area contributed by atoms with Crippen molar-refractivity contribution in [2.75, 3.05) is 6.54 Å². The number of halogens is 3. The lowest BCUT2D eigenvalue weighted by atomic mass is 10.2. The van der Waals surface area contributed by atoms with Crippen LogP contribution in [0.4, 0.5) is 13.2 Å². The van der Waals surface area contributed by atoms with Gasteiger partial charge in [0.15, 0.2) is 0 Å². The van der Waals surface area contributed by atoms with E-state index in [1.807, 2.05) is 0 Å². The number of nitrogens with one attached hydrogen (secondary N) is 1. The standard InChI is InChI=1S/C10H14F3N3O/c1-7(14)8-2-3-16(4-8)5-9(17)15-6-10(11,12)13/h2-4,7H,5-6,14H2,1H3,(H,15,17). The van der Waals surface area contributed by atoms with E-state index >= 15 is 0 Å². The summed E-state index contributed by atoms with van der Waals surface area (Å²) in [5, 5.41) is 1.79. The van der Waals surface area contributed by atoms with Crippen molar-refractivity contribution in [1.29, 1.82) is 0 Å². The molecule has 0 radical (unpaired) electrons. The van der Waals surface area contributed by atoms with Crippen LogP contribution in [0.2, 0.25) is 0 Å². The molecule has 1 heterocycles. The lowest BCUT2D eigenvalue weighted by Gasteiger charge is -2.08. The molecule has 4 nitrogen and oxygen atoms in total. The van der Waals surface area contributed by atoms with Crippen molar-refractivity contribution < 1.29 is 18.0 Å². The van der Waals surface area contributed by atoms with Gasteiger partial charge in [-0.2, -0.15) is 13.2 Å². The van der Waals surface area contributed by atoms with Crippen molar-refractivity contribution in [2.45, 2.75) is 25.7 Å². The summed E-state index contributed by atoms with van der Waals surface area (Å²) in [7, 11) is 0. The van der Waals surface area contributed by atoms with Crippen LogP contribution in [-0.4, -0.2) is 23.2 Å². The van der Waals surface area contributed by atoms with E-state index in [1.54, 1.807) is 30.7 Å². The number of nitrogens with two attached hydrogens (primary N) is 1. The van der Waals surface area contributed by atoms with Gasteiger partial charge in [0.1, 0.15) is 13.1 Å². The van der Waals surface area contributed by atoms with Gasteiger partial charge in [-0.3, -0.25) is 4.79 Å². The number of carbonyl (C=O) groups is 1. The van der Waals surface area contributed by atoms with Crippen LogP contribution in [0, 0.1) is 0 Å². The van der Waals surface area contributed by atoms with Crippen LogP contribution in [-0.2, 0) is 11.3 Å². The van der Waals surface area contributed by atoms with E-state index < -0.39 is 18.6 Å². The average Bonchev–Trinajstić information content (AvgIpc) is 2.62. The van der Waals surface area contributed by atoms with Crippen molar-refractivity contribution >= 4 is 5.91 Å². The zero-order chi connectivity index (χ0) is 13.1. The van der Waals surface area contributed by atoms with Gasteiger partial charge in [0, 0.05) is 18.4 Å². The summed E-state index contributed by atoms with van der Waals surface area (Å²) in [6.07, 6.45) is -1.15. The summed E-state index contributed by atoms with van der Waals surface area (Å²) in [6.45, 7) is 0.319. The highest BCUT2D eigenvalue weighted by molar-refractivity contribution is 5.75. The monoisotopic (exact) mass is 249 g/mol. The van der Waals surface area contributed by atoms with Gasteiger partial charge in [0.2, 0.25) is 5.91 Å². The fourth-order valence-electron chi connectivity index (χ4n) is 1.25. The molecule has 1 rings (SSSR count). The maximum Gasteiger partial charge on any atom is 0.405 e. The number of alkyl halides is 3. The molecule has 0 spiro atoms. The highest BCUT2D eigenvalue weighted by Gasteiger charge is 2.27. The molecule has 7 heteroatoms. The summed E-state index contributed by atoms with van der Waals surface area (Å²) < 4.78 is 37.0. The molecule has 0 fully saturated rings. The van der Waals surface area contributed by atoms with Gasteiger partial charge in [0.25, 0.3) is 0 Å². The molecule has 1 atom stereocenters. The van der Waals surface area contributed by atoms with E-state index in [0.29, 0.717) is 0 Å². The lowest BCUT2D eigenvalue weighted by Crippen LogP contribution is -2.35. The first-order valence-electron chi connectivity index (χ1n) is 5.02. The molecule has 1 aromatic heterocycles. The first kappa shape index (κ1) is 13.6. The molecule has 0 bridgehead atoms. The zero-order valence-electron chi connectivity index (χ0n) is 9.29. The van der Waals surface area contributed by atoms with Gasteiger partial charge in [0.05, 0.1) is 0 Å². The molecule has 96 valence electrons. The molecule has 0 aliphatic heterocycles. The van der Waals surface area contributed by atoms with Crippen LogP contribution in [0.25, 0.3) is 0 Å². The largest absolute Gasteiger partial charge is 0.405 e. The molecule has 0 aliphatic rings. The Morgan fingerprint density at radius 1 is 1.59 bits per heavy atom. The molecule has 1 aromatic rings. The predicted octanol–water partition coefficient (Wildman–Crippen LogP) is 1.19. The van der Waals surface area contributed by atoms with Crippen molar-refractivity contribution in [2.24, 2.45) is 5.73 Å². The minimum atomic E-state index is -4.39. The zero-order valence-corrected chi connectivity index (χ0v) is 9.29. The number of aromatic nitrogens is 1. The van der Waals surface area contributed by atoms with Gasteiger partial charge in [-0.25, -0.2) is 0 Å². The molecule has 1 unspecified atom stereocenters. The van der Waals surface area contributed by atoms with Crippen molar-refractivity contribution in [1.82, 2.24) is 9.88 Å². The summed E-state index contributed by atoms with van der Waals surface area (Å²) in [5.41, 5.74) is 6.44. The fraction of sp³-hybridized carbons (Fsp3) is 0.500. The normalized spacial score (nSPS) is 13.5. The summed E-state index contributed by atoms with van der Waals surface area (Å²) in [4.78, 5) is 11.2. The maximum atomic E-state index is 11.8. The van der Waals surface area contributed by atoms with Crippen molar-refractivity contribution in [3.05, 3.63) is 24.0 Å². The summed E-state index contributed by atoms with van der Waals surface area (Å²) >= 11 is 0. The second kappa shape index (κ2) is 5.22. The van der Waals surface area contributed by atoms with Crippen molar-refractivity contribution in [3.8, 4) is 0 Å². The molecule has 0 aliphatic carbocycles. The van der Waals surface area contributed by atoms with Gasteiger partial charge in [-0.15, -0.1) is 0 Å². The van der Waals surface area contributed by atoms with Gasteiger partial charge < -0.3 is 15.6 Å². The quantitative estimate of drug-likeness (QED) is 0.842. The van der Waals surface area contributed by atoms with Crippen LogP contribution in [0.3, 0.4) is 0 Å². The molecule has 17 heavy (non-hydrogen) atoms. The SMILES string of the molecule is CC(N)c1ccn(CC(=O)NCC(F)(F)F)c1. The van der Waals surface area contributed by atoms with Crippen molar-refractivity contribution in [3.63, 3.8) is 0 Å². The third-order valence-electron chi connectivity index (χ3n) is 2.11. The number of rotatable bonds is 4. The molecule has 0 aromatic carbocycles. The smallest absolute Gasteiger partial charge is 0.345 e. The number of amides is 1. The Labute approximate surface area is 96.6 Å². The second-order valence-corrected chi connectivity index (χ2v) is 3.80. The van der Waals surface area contributed by atoms with Crippen LogP contribution in [0.5, 0.6) is 0 Å². The Bertz CT molecular complexity index is 384. The maximum absolute atomic E-state index is 11.8. The van der Waals surface area contributed by atoms with Crippen LogP contribution >= 0.6 is 0 Å². The topological polar surface area (TPSA) is 60.0 Å². The van der Waals surface area contributed by atoms with Gasteiger partial charge in [-0.1, -0.05) is 0 Å². The summed E-state index contributed by atoms with van der Waals surface area (Å²) in [6, 6.07) is 1.55. The average molecular weight is 249 g/mol. The third-order valence-corrected chi connectivity index (χ3v) is 2.11. The predicted molar refractivity (Wildman–Crippen MR) is 56.1 cm³/mol. The molecule has 3 N–H and O–H groups in total. The second-order valence-electron chi connectivity index (χ2n) is 3.80. The number of hydrogen-bond acceptors (Lipinski definition) is 2. The van der Waals surface area contributed by atoms with Crippen LogP contribution in [0.15, 0.2) is 18.5 Å². The van der Waals surface area contributed by atoms with E-state index in [0.717, 1.165) is 5.56 Å². The van der Waals surface area contributed by atoms with E-state index in [9.17, 15) is 18.0 Å². The fourth-order valence-corrected chi connectivity index (χ4v) is 1.25. The van der Waals surface area contributed by atoms with E-state index in [1.165, 1.54) is 4.57 Å². The Morgan fingerprint density at radius 3 is 2.71 bits per heavy atom. The summed E-state index contributed by atoms with van der Waals surface area (Å²) in [5.74, 6) is -0.686. The van der Waals surface area contributed by atoms with Crippen LogP contribution in [0.1, 0.15) is 18.5 Å². The van der Waals surface area contributed by atoms with E-state index in [4.69, 9.17) is 5.73 Å². The minimum Gasteiger partial charge on any atom is -0.345 e. The first-order valence-corrected chi connectivity index (χ1v) is 5.02. The van der Waals surface area contributed by atoms with E-state index in [-0.39, 0.29) is 12.6 Å². The molecule has 0 saturated heterocycles. The molecule has 0 saturated carbocycles. The minimum absolute atomic E-state index is 0.150. The Kier molecular flexibility index (Phi) is 4.17. The van der Waals surface area contributed by atoms with E-state index in [2.05, 4.69) is 0 Å². The molecular formula is C10H14F3N3O. The highest BCUT2D eigenvalue weighted by Crippen LogP contribution is 2.12. The highest BCUT2D eigenvalue weighted by atomic mass is 19.4. The Morgan fingerprint density at radius 2 is 2.24 bits per heavy atom. The lowest BCUT2D eigenvalue weighted by molar-refractivity contribution is -0.138. The number of hydrogen-bond donors (Lipinski definition) is 2. The number of nitrogens with zero attached hydrogens (tertiary/aromatic N) is 1. The van der Waals surface area contributed by atoms with Crippen LogP contribution < -0.4 is 11.1 Å².